The minimum absolute atomic E-state index is 0.232. The van der Waals surface area contributed by atoms with Crippen molar-refractivity contribution in [2.75, 3.05) is 13.2 Å². The Kier molecular flexibility index (Phi) is 5.33. The van der Waals surface area contributed by atoms with E-state index in [2.05, 4.69) is 0 Å². The second-order valence-corrected chi connectivity index (χ2v) is 3.46. The lowest BCUT2D eigenvalue weighted by molar-refractivity contribution is -0.142. The molecule has 0 heterocycles. The molecule has 0 aliphatic rings. The zero-order valence-electron chi connectivity index (χ0n) is 10.5. The maximum atomic E-state index is 10.8. The van der Waals surface area contributed by atoms with E-state index >= 15 is 0 Å². The molecule has 0 saturated carbocycles. The number of benzene rings is 1. The van der Waals surface area contributed by atoms with Crippen LogP contribution in [0.1, 0.15) is 26.3 Å². The van der Waals surface area contributed by atoms with Crippen LogP contribution in [0.4, 0.5) is 0 Å². The molecule has 0 spiro atoms. The summed E-state index contributed by atoms with van der Waals surface area (Å²) in [5.41, 5.74) is 0.856. The van der Waals surface area contributed by atoms with Crippen molar-refractivity contribution < 1.29 is 19.0 Å². The Morgan fingerprint density at radius 3 is 2.00 bits per heavy atom. The SMILES string of the molecule is CCOc1cc(COC(C)=O)cc(OCC)c1. The van der Waals surface area contributed by atoms with E-state index in [1.54, 1.807) is 0 Å². The summed E-state index contributed by atoms with van der Waals surface area (Å²) < 4.78 is 15.8. The van der Waals surface area contributed by atoms with Crippen LogP contribution in [0.25, 0.3) is 0 Å². The van der Waals surface area contributed by atoms with Crippen LogP contribution in [0.5, 0.6) is 11.5 Å². The van der Waals surface area contributed by atoms with E-state index in [1.807, 2.05) is 32.0 Å². The first-order valence-electron chi connectivity index (χ1n) is 5.68. The third kappa shape index (κ3) is 4.76. The van der Waals surface area contributed by atoms with Crippen LogP contribution in [0.2, 0.25) is 0 Å². The highest BCUT2D eigenvalue weighted by molar-refractivity contribution is 5.65. The van der Waals surface area contributed by atoms with E-state index in [-0.39, 0.29) is 12.6 Å². The number of esters is 1. The fourth-order valence-corrected chi connectivity index (χ4v) is 1.40. The largest absolute Gasteiger partial charge is 0.494 e. The lowest BCUT2D eigenvalue weighted by atomic mass is 10.2. The summed E-state index contributed by atoms with van der Waals surface area (Å²) in [6.07, 6.45) is 0. The van der Waals surface area contributed by atoms with Crippen molar-refractivity contribution in [2.24, 2.45) is 0 Å². The molecule has 1 aromatic rings. The number of carbonyl (C=O) groups is 1. The monoisotopic (exact) mass is 238 g/mol. The minimum Gasteiger partial charge on any atom is -0.494 e. The zero-order chi connectivity index (χ0) is 12.7. The van der Waals surface area contributed by atoms with Crippen molar-refractivity contribution >= 4 is 5.97 Å². The second-order valence-electron chi connectivity index (χ2n) is 3.46. The van der Waals surface area contributed by atoms with Crippen molar-refractivity contribution in [3.8, 4) is 11.5 Å². The molecule has 0 saturated heterocycles. The first-order valence-corrected chi connectivity index (χ1v) is 5.68. The van der Waals surface area contributed by atoms with E-state index in [0.29, 0.717) is 13.2 Å². The molecule has 4 nitrogen and oxygen atoms in total. The van der Waals surface area contributed by atoms with E-state index in [4.69, 9.17) is 14.2 Å². The van der Waals surface area contributed by atoms with E-state index in [9.17, 15) is 4.79 Å². The fourth-order valence-electron chi connectivity index (χ4n) is 1.40. The molecule has 4 heteroatoms. The maximum Gasteiger partial charge on any atom is 0.302 e. The van der Waals surface area contributed by atoms with Gasteiger partial charge in [-0.1, -0.05) is 0 Å². The van der Waals surface area contributed by atoms with Crippen molar-refractivity contribution in [2.45, 2.75) is 27.4 Å². The topological polar surface area (TPSA) is 44.8 Å². The van der Waals surface area contributed by atoms with Gasteiger partial charge >= 0.3 is 5.97 Å². The van der Waals surface area contributed by atoms with Gasteiger partial charge in [-0.25, -0.2) is 0 Å². The third-order valence-electron chi connectivity index (χ3n) is 2.00. The molecule has 17 heavy (non-hydrogen) atoms. The lowest BCUT2D eigenvalue weighted by Crippen LogP contribution is -2.01. The summed E-state index contributed by atoms with van der Waals surface area (Å²) in [5.74, 6) is 1.14. The van der Waals surface area contributed by atoms with E-state index in [1.165, 1.54) is 6.92 Å². The Hall–Kier alpha value is -1.71. The van der Waals surface area contributed by atoms with Crippen LogP contribution < -0.4 is 9.47 Å². The Morgan fingerprint density at radius 1 is 1.06 bits per heavy atom. The average molecular weight is 238 g/mol. The molecule has 0 radical (unpaired) electrons. The van der Waals surface area contributed by atoms with E-state index in [0.717, 1.165) is 17.1 Å². The molecule has 0 aliphatic carbocycles. The highest BCUT2D eigenvalue weighted by Gasteiger charge is 2.04. The third-order valence-corrected chi connectivity index (χ3v) is 2.00. The van der Waals surface area contributed by atoms with Crippen LogP contribution in [-0.2, 0) is 16.1 Å². The molecule has 0 amide bonds. The van der Waals surface area contributed by atoms with Crippen LogP contribution in [0, 0.1) is 0 Å². The average Bonchev–Trinajstić information content (AvgIpc) is 2.27. The van der Waals surface area contributed by atoms with Gasteiger partial charge in [-0.3, -0.25) is 4.79 Å². The summed E-state index contributed by atoms with van der Waals surface area (Å²) in [7, 11) is 0. The number of ether oxygens (including phenoxy) is 3. The van der Waals surface area contributed by atoms with E-state index < -0.39 is 0 Å². The normalized spacial score (nSPS) is 9.82. The molecular weight excluding hydrogens is 220 g/mol. The van der Waals surface area contributed by atoms with Gasteiger partial charge in [-0.15, -0.1) is 0 Å². The number of rotatable bonds is 6. The Morgan fingerprint density at radius 2 is 1.59 bits per heavy atom. The van der Waals surface area contributed by atoms with Gasteiger partial charge in [0.2, 0.25) is 0 Å². The molecule has 1 aromatic carbocycles. The Bertz CT molecular complexity index is 349. The molecule has 0 N–H and O–H groups in total. The lowest BCUT2D eigenvalue weighted by Gasteiger charge is -2.10. The number of hydrogen-bond donors (Lipinski definition) is 0. The molecular formula is C13H18O4. The highest BCUT2D eigenvalue weighted by Crippen LogP contribution is 2.23. The maximum absolute atomic E-state index is 10.8. The van der Waals surface area contributed by atoms with Gasteiger partial charge in [0, 0.05) is 13.0 Å². The molecule has 94 valence electrons. The molecule has 0 aromatic heterocycles. The zero-order valence-corrected chi connectivity index (χ0v) is 10.5. The quantitative estimate of drug-likeness (QED) is 0.714. The van der Waals surface area contributed by atoms with Crippen molar-refractivity contribution in [3.63, 3.8) is 0 Å². The Balaban J connectivity index is 2.82. The smallest absolute Gasteiger partial charge is 0.302 e. The Labute approximate surface area is 101 Å². The minimum atomic E-state index is -0.301. The predicted molar refractivity (Wildman–Crippen MR) is 64.3 cm³/mol. The summed E-state index contributed by atoms with van der Waals surface area (Å²) >= 11 is 0. The highest BCUT2D eigenvalue weighted by atomic mass is 16.5. The summed E-state index contributed by atoms with van der Waals surface area (Å²) in [5, 5.41) is 0. The van der Waals surface area contributed by atoms with Crippen LogP contribution in [0.15, 0.2) is 18.2 Å². The summed E-state index contributed by atoms with van der Waals surface area (Å²) in [6, 6.07) is 5.51. The van der Waals surface area contributed by atoms with Gasteiger partial charge in [0.25, 0.3) is 0 Å². The van der Waals surface area contributed by atoms with Gasteiger partial charge in [0.15, 0.2) is 0 Å². The van der Waals surface area contributed by atoms with Crippen LogP contribution >= 0.6 is 0 Å². The fraction of sp³-hybridized carbons (Fsp3) is 0.462. The summed E-state index contributed by atoms with van der Waals surface area (Å²) in [4.78, 5) is 10.8. The molecule has 0 unspecified atom stereocenters. The van der Waals surface area contributed by atoms with Gasteiger partial charge < -0.3 is 14.2 Å². The number of carbonyl (C=O) groups excluding carboxylic acids is 1. The van der Waals surface area contributed by atoms with Gasteiger partial charge in [0.1, 0.15) is 18.1 Å². The van der Waals surface area contributed by atoms with Crippen LogP contribution in [-0.4, -0.2) is 19.2 Å². The van der Waals surface area contributed by atoms with Gasteiger partial charge in [-0.2, -0.15) is 0 Å². The van der Waals surface area contributed by atoms with Crippen molar-refractivity contribution in [1.82, 2.24) is 0 Å². The van der Waals surface area contributed by atoms with Gasteiger partial charge in [0.05, 0.1) is 13.2 Å². The van der Waals surface area contributed by atoms with Crippen molar-refractivity contribution in [1.29, 1.82) is 0 Å². The van der Waals surface area contributed by atoms with Gasteiger partial charge in [-0.05, 0) is 31.5 Å². The van der Waals surface area contributed by atoms with Crippen LogP contribution in [0.3, 0.4) is 0 Å². The summed E-state index contributed by atoms with van der Waals surface area (Å²) in [6.45, 7) is 6.62. The first-order chi connectivity index (χ1) is 8.15. The molecule has 0 fully saturated rings. The molecule has 0 atom stereocenters. The second kappa shape index (κ2) is 6.78. The predicted octanol–water partition coefficient (Wildman–Crippen LogP) is 2.55. The molecule has 1 rings (SSSR count). The number of hydrogen-bond acceptors (Lipinski definition) is 4. The standard InChI is InChI=1S/C13H18O4/c1-4-15-12-6-11(9-17-10(3)14)7-13(8-12)16-5-2/h6-8H,4-5,9H2,1-3H3. The molecule has 0 bridgehead atoms. The molecule has 0 aliphatic heterocycles. The first kappa shape index (κ1) is 13.4. The van der Waals surface area contributed by atoms with Crippen molar-refractivity contribution in [3.05, 3.63) is 23.8 Å².